The number of aryl methyl sites for hydroxylation is 2. The van der Waals surface area contributed by atoms with Gasteiger partial charge in [0.25, 0.3) is 5.91 Å². The Kier molecular flexibility index (Phi) is 5.27. The molecule has 1 aliphatic rings. The molecule has 2 aromatic rings. The zero-order chi connectivity index (χ0) is 16.9. The number of nitrogens with two attached hydrogens (primary N) is 1. The monoisotopic (exact) mass is 343 g/mol. The van der Waals surface area contributed by atoms with Crippen molar-refractivity contribution in [3.05, 3.63) is 57.3 Å². The summed E-state index contributed by atoms with van der Waals surface area (Å²) in [5.74, 6) is -0.765. The van der Waals surface area contributed by atoms with Gasteiger partial charge in [-0.2, -0.15) is 0 Å². The maximum Gasteiger partial charge on any atom is 0.275 e. The Morgan fingerprint density at radius 3 is 2.58 bits per heavy atom. The summed E-state index contributed by atoms with van der Waals surface area (Å²) < 4.78 is 0. The van der Waals surface area contributed by atoms with E-state index < -0.39 is 11.9 Å². The Balaban J connectivity index is 1.67. The fourth-order valence-corrected chi connectivity index (χ4v) is 4.09. The molecule has 0 spiro atoms. The third-order valence-electron chi connectivity index (χ3n) is 4.22. The summed E-state index contributed by atoms with van der Waals surface area (Å²) in [6.45, 7) is 0. The van der Waals surface area contributed by atoms with Crippen molar-refractivity contribution in [1.29, 1.82) is 0 Å². The van der Waals surface area contributed by atoms with Gasteiger partial charge in [-0.3, -0.25) is 15.0 Å². The summed E-state index contributed by atoms with van der Waals surface area (Å²) in [5.41, 5.74) is 12.8. The Hall–Kier alpha value is -2.18. The highest BCUT2D eigenvalue weighted by Crippen LogP contribution is 2.28. The smallest absolute Gasteiger partial charge is 0.275 e. The third-order valence-corrected chi connectivity index (χ3v) is 5.45. The third kappa shape index (κ3) is 3.83. The van der Waals surface area contributed by atoms with Gasteiger partial charge in [-0.15, -0.1) is 11.3 Å². The number of hydrazine groups is 1. The molecule has 0 fully saturated rings. The van der Waals surface area contributed by atoms with Crippen LogP contribution < -0.4 is 16.6 Å². The molecule has 1 atom stereocenters. The minimum absolute atomic E-state index is 0.227. The van der Waals surface area contributed by atoms with E-state index in [0.717, 1.165) is 12.8 Å². The molecule has 0 saturated heterocycles. The van der Waals surface area contributed by atoms with Crippen molar-refractivity contribution in [3.63, 3.8) is 0 Å². The van der Waals surface area contributed by atoms with Crippen LogP contribution >= 0.6 is 11.3 Å². The van der Waals surface area contributed by atoms with Crippen LogP contribution in [0.25, 0.3) is 0 Å². The molecule has 0 radical (unpaired) electrons. The molecular weight excluding hydrogens is 322 g/mol. The van der Waals surface area contributed by atoms with Crippen LogP contribution in [-0.2, 0) is 17.6 Å². The lowest BCUT2D eigenvalue weighted by atomic mass is 10.1. The predicted molar refractivity (Wildman–Crippen MR) is 94.6 cm³/mol. The van der Waals surface area contributed by atoms with Crippen LogP contribution in [0.4, 0.5) is 0 Å². The number of amides is 2. The number of thiophene rings is 1. The summed E-state index contributed by atoms with van der Waals surface area (Å²) in [6, 6.07) is 10.3. The second kappa shape index (κ2) is 7.59. The average molecular weight is 343 g/mol. The first-order valence-corrected chi connectivity index (χ1v) is 8.98. The van der Waals surface area contributed by atoms with E-state index in [9.17, 15) is 9.59 Å². The molecule has 0 unspecified atom stereocenters. The number of carbonyl (C=O) groups excluding carboxylic acids is 2. The lowest BCUT2D eigenvalue weighted by Crippen LogP contribution is -2.44. The molecule has 2 amide bonds. The Bertz CT molecular complexity index is 704. The molecule has 0 aliphatic heterocycles. The Morgan fingerprint density at radius 2 is 1.83 bits per heavy atom. The van der Waals surface area contributed by atoms with E-state index in [1.165, 1.54) is 29.7 Å². The zero-order valence-electron chi connectivity index (χ0n) is 13.4. The second-order valence-corrected chi connectivity index (χ2v) is 7.10. The number of fused-ring (bicyclic) bond motifs is 1. The maximum atomic E-state index is 12.4. The van der Waals surface area contributed by atoms with E-state index in [1.54, 1.807) is 23.5 Å². The van der Waals surface area contributed by atoms with E-state index in [-0.39, 0.29) is 5.91 Å². The number of primary amides is 1. The minimum atomic E-state index is -0.757. The molecule has 0 saturated carbocycles. The summed E-state index contributed by atoms with van der Waals surface area (Å²) in [5, 5.41) is 0. The van der Waals surface area contributed by atoms with Gasteiger partial charge >= 0.3 is 0 Å². The largest absolute Gasteiger partial charge is 0.368 e. The van der Waals surface area contributed by atoms with Crippen LogP contribution in [0.1, 0.15) is 51.0 Å². The molecule has 1 aromatic carbocycles. The molecule has 0 bridgehead atoms. The standard InChI is InChI=1S/C18H21N3O2S/c19-17(22)16(12-7-3-1-4-8-12)20-21-18(23)15-11-13-9-5-2-6-10-14(13)24-15/h1,3-4,7-8,11,16,20H,2,5-6,9-10H2,(H2,19,22)(H,21,23)/t16-/m1/s1. The van der Waals surface area contributed by atoms with Crippen molar-refractivity contribution in [2.75, 3.05) is 0 Å². The topological polar surface area (TPSA) is 84.2 Å². The Labute approximate surface area is 145 Å². The second-order valence-electron chi connectivity index (χ2n) is 5.96. The molecule has 1 aliphatic carbocycles. The van der Waals surface area contributed by atoms with E-state index >= 15 is 0 Å². The van der Waals surface area contributed by atoms with Crippen LogP contribution in [0.2, 0.25) is 0 Å². The van der Waals surface area contributed by atoms with Gasteiger partial charge in [-0.25, -0.2) is 5.43 Å². The maximum absolute atomic E-state index is 12.4. The van der Waals surface area contributed by atoms with E-state index in [2.05, 4.69) is 10.9 Å². The van der Waals surface area contributed by atoms with Gasteiger partial charge in [-0.05, 0) is 42.9 Å². The molecule has 3 rings (SSSR count). The highest BCUT2D eigenvalue weighted by molar-refractivity contribution is 7.14. The summed E-state index contributed by atoms with van der Waals surface area (Å²) in [4.78, 5) is 26.0. The highest BCUT2D eigenvalue weighted by Gasteiger charge is 2.20. The first kappa shape index (κ1) is 16.7. The summed E-state index contributed by atoms with van der Waals surface area (Å²) in [6.07, 6.45) is 5.71. The number of benzene rings is 1. The normalized spacial score (nSPS) is 15.2. The summed E-state index contributed by atoms with van der Waals surface area (Å²) in [7, 11) is 0. The lowest BCUT2D eigenvalue weighted by Gasteiger charge is -2.16. The Morgan fingerprint density at radius 1 is 1.08 bits per heavy atom. The predicted octanol–water partition coefficient (Wildman–Crippen LogP) is 2.48. The molecule has 1 aromatic heterocycles. The van der Waals surface area contributed by atoms with Crippen LogP contribution in [0, 0.1) is 0 Å². The van der Waals surface area contributed by atoms with Crippen LogP contribution in [-0.4, -0.2) is 11.8 Å². The van der Waals surface area contributed by atoms with Crippen LogP contribution in [0.5, 0.6) is 0 Å². The lowest BCUT2D eigenvalue weighted by molar-refractivity contribution is -0.120. The SMILES string of the molecule is NC(=O)[C@H](NNC(=O)c1cc2c(s1)CCCCC2)c1ccccc1. The number of nitrogens with one attached hydrogen (secondary N) is 2. The zero-order valence-corrected chi connectivity index (χ0v) is 14.2. The molecule has 6 heteroatoms. The van der Waals surface area contributed by atoms with Crippen molar-refractivity contribution < 1.29 is 9.59 Å². The fourth-order valence-electron chi connectivity index (χ4n) is 2.94. The van der Waals surface area contributed by atoms with Gasteiger partial charge in [0, 0.05) is 4.88 Å². The van der Waals surface area contributed by atoms with Crippen molar-refractivity contribution >= 4 is 23.2 Å². The minimum Gasteiger partial charge on any atom is -0.368 e. The first-order valence-electron chi connectivity index (χ1n) is 8.17. The van der Waals surface area contributed by atoms with E-state index in [0.29, 0.717) is 10.4 Å². The van der Waals surface area contributed by atoms with Crippen LogP contribution in [0.15, 0.2) is 36.4 Å². The van der Waals surface area contributed by atoms with Gasteiger partial charge in [-0.1, -0.05) is 36.8 Å². The molecule has 5 nitrogen and oxygen atoms in total. The van der Waals surface area contributed by atoms with Crippen molar-refractivity contribution in [1.82, 2.24) is 10.9 Å². The van der Waals surface area contributed by atoms with Crippen molar-refractivity contribution in [3.8, 4) is 0 Å². The number of hydrogen-bond donors (Lipinski definition) is 3. The molecule has 24 heavy (non-hydrogen) atoms. The average Bonchev–Trinajstić information content (AvgIpc) is 2.86. The van der Waals surface area contributed by atoms with E-state index in [4.69, 9.17) is 5.73 Å². The highest BCUT2D eigenvalue weighted by atomic mass is 32.1. The molecule has 1 heterocycles. The van der Waals surface area contributed by atoms with Gasteiger partial charge in [0.1, 0.15) is 6.04 Å². The number of carbonyl (C=O) groups is 2. The van der Waals surface area contributed by atoms with Gasteiger partial charge < -0.3 is 5.73 Å². The first-order chi connectivity index (χ1) is 11.6. The molecule has 4 N–H and O–H groups in total. The van der Waals surface area contributed by atoms with Crippen LogP contribution in [0.3, 0.4) is 0 Å². The number of hydrogen-bond acceptors (Lipinski definition) is 4. The van der Waals surface area contributed by atoms with Crippen molar-refractivity contribution in [2.24, 2.45) is 5.73 Å². The molecular formula is C18H21N3O2S. The number of rotatable bonds is 5. The van der Waals surface area contributed by atoms with Gasteiger partial charge in [0.15, 0.2) is 0 Å². The fraction of sp³-hybridized carbons (Fsp3) is 0.333. The summed E-state index contributed by atoms with van der Waals surface area (Å²) >= 11 is 1.54. The van der Waals surface area contributed by atoms with Gasteiger partial charge in [0.05, 0.1) is 4.88 Å². The van der Waals surface area contributed by atoms with Gasteiger partial charge in [0.2, 0.25) is 5.91 Å². The van der Waals surface area contributed by atoms with Crippen molar-refractivity contribution in [2.45, 2.75) is 38.1 Å². The quantitative estimate of drug-likeness (QED) is 0.576. The van der Waals surface area contributed by atoms with E-state index in [1.807, 2.05) is 24.3 Å². The molecule has 126 valence electrons.